The molecule has 2 aromatic rings. The zero-order valence-corrected chi connectivity index (χ0v) is 12.5. The Kier molecular flexibility index (Phi) is 5.33. The van der Waals surface area contributed by atoms with Crippen LogP contribution in [0.15, 0.2) is 60.4 Å². The van der Waals surface area contributed by atoms with Crippen LogP contribution in [0.3, 0.4) is 0 Å². The van der Waals surface area contributed by atoms with Crippen LogP contribution >= 0.6 is 23.2 Å². The van der Waals surface area contributed by atoms with E-state index in [4.69, 9.17) is 32.7 Å². The standard InChI is InChI=1S/C16H14Cl2O2/c1-2-12(20-16-10-6-4-8-14(16)18)11-19-15-9-5-3-7-13(15)17/h2-10H,11H2,1H3. The van der Waals surface area contributed by atoms with E-state index >= 15 is 0 Å². The quantitative estimate of drug-likeness (QED) is 0.693. The van der Waals surface area contributed by atoms with Gasteiger partial charge in [0.25, 0.3) is 0 Å². The highest BCUT2D eigenvalue weighted by molar-refractivity contribution is 6.32. The molecular formula is C16H14Cl2O2. The zero-order chi connectivity index (χ0) is 14.4. The number of hydrogen-bond acceptors (Lipinski definition) is 2. The summed E-state index contributed by atoms with van der Waals surface area (Å²) >= 11 is 12.1. The van der Waals surface area contributed by atoms with Crippen molar-refractivity contribution < 1.29 is 9.47 Å². The van der Waals surface area contributed by atoms with Crippen LogP contribution in [0.5, 0.6) is 11.5 Å². The summed E-state index contributed by atoms with van der Waals surface area (Å²) in [5, 5.41) is 1.13. The zero-order valence-electron chi connectivity index (χ0n) is 11.0. The first-order valence-electron chi connectivity index (χ1n) is 6.15. The lowest BCUT2D eigenvalue weighted by Crippen LogP contribution is -2.07. The van der Waals surface area contributed by atoms with Gasteiger partial charge in [-0.1, -0.05) is 47.5 Å². The highest BCUT2D eigenvalue weighted by atomic mass is 35.5. The average Bonchev–Trinajstić information content (AvgIpc) is 2.47. The molecule has 0 bridgehead atoms. The maximum absolute atomic E-state index is 6.05. The second-order valence-corrected chi connectivity index (χ2v) is 4.82. The van der Waals surface area contributed by atoms with Gasteiger partial charge in [-0.15, -0.1) is 0 Å². The molecule has 0 heterocycles. The first-order valence-corrected chi connectivity index (χ1v) is 6.91. The van der Waals surface area contributed by atoms with Crippen molar-refractivity contribution in [3.63, 3.8) is 0 Å². The highest BCUT2D eigenvalue weighted by Gasteiger charge is 2.06. The smallest absolute Gasteiger partial charge is 0.146 e. The number of para-hydroxylation sites is 2. The molecule has 4 heteroatoms. The molecule has 0 aromatic heterocycles. The van der Waals surface area contributed by atoms with Gasteiger partial charge in [0.05, 0.1) is 10.0 Å². The molecule has 0 aliphatic carbocycles. The molecule has 0 radical (unpaired) electrons. The van der Waals surface area contributed by atoms with Gasteiger partial charge in [-0.05, 0) is 37.3 Å². The number of ether oxygens (including phenoxy) is 2. The lowest BCUT2D eigenvalue weighted by Gasteiger charge is -2.13. The largest absolute Gasteiger partial charge is 0.484 e. The Hall–Kier alpha value is -1.64. The molecule has 0 N–H and O–H groups in total. The topological polar surface area (TPSA) is 18.5 Å². The van der Waals surface area contributed by atoms with E-state index in [9.17, 15) is 0 Å². The van der Waals surface area contributed by atoms with Gasteiger partial charge in [-0.25, -0.2) is 0 Å². The van der Waals surface area contributed by atoms with E-state index in [2.05, 4.69) is 0 Å². The summed E-state index contributed by atoms with van der Waals surface area (Å²) in [6.07, 6.45) is 1.83. The van der Waals surface area contributed by atoms with E-state index in [1.54, 1.807) is 18.2 Å². The molecule has 20 heavy (non-hydrogen) atoms. The van der Waals surface area contributed by atoms with Crippen molar-refractivity contribution in [1.82, 2.24) is 0 Å². The molecule has 0 aliphatic heterocycles. The number of allylic oxidation sites excluding steroid dienone is 1. The van der Waals surface area contributed by atoms with E-state index in [1.165, 1.54) is 0 Å². The second-order valence-electron chi connectivity index (χ2n) is 4.01. The molecule has 0 aliphatic rings. The maximum Gasteiger partial charge on any atom is 0.146 e. The minimum atomic E-state index is 0.283. The van der Waals surface area contributed by atoms with Crippen molar-refractivity contribution >= 4 is 23.2 Å². The third-order valence-electron chi connectivity index (χ3n) is 2.61. The maximum atomic E-state index is 6.05. The van der Waals surface area contributed by atoms with Crippen LogP contribution in [-0.2, 0) is 0 Å². The van der Waals surface area contributed by atoms with E-state index in [-0.39, 0.29) is 6.61 Å². The fourth-order valence-electron chi connectivity index (χ4n) is 1.55. The van der Waals surface area contributed by atoms with Crippen LogP contribution in [0, 0.1) is 0 Å². The lowest BCUT2D eigenvalue weighted by atomic mass is 10.3. The fourth-order valence-corrected chi connectivity index (χ4v) is 1.92. The molecule has 2 nitrogen and oxygen atoms in total. The molecule has 0 atom stereocenters. The van der Waals surface area contributed by atoms with Gasteiger partial charge in [0, 0.05) is 0 Å². The first-order chi connectivity index (χ1) is 9.70. The summed E-state index contributed by atoms with van der Waals surface area (Å²) < 4.78 is 11.4. The predicted molar refractivity (Wildman–Crippen MR) is 82.8 cm³/mol. The molecular weight excluding hydrogens is 295 g/mol. The Balaban J connectivity index is 2.01. The van der Waals surface area contributed by atoms with Crippen molar-refractivity contribution in [2.45, 2.75) is 6.92 Å². The molecule has 104 valence electrons. The fraction of sp³-hybridized carbons (Fsp3) is 0.125. The second kappa shape index (κ2) is 7.22. The summed E-state index contributed by atoms with van der Waals surface area (Å²) in [5.41, 5.74) is 0. The Morgan fingerprint density at radius 1 is 0.950 bits per heavy atom. The van der Waals surface area contributed by atoms with E-state index in [1.807, 2.05) is 43.3 Å². The molecule has 0 amide bonds. The van der Waals surface area contributed by atoms with Crippen LogP contribution in [0.1, 0.15) is 6.92 Å². The van der Waals surface area contributed by atoms with Gasteiger partial charge in [0.15, 0.2) is 0 Å². The number of hydrogen-bond donors (Lipinski definition) is 0. The van der Waals surface area contributed by atoms with E-state index in [0.717, 1.165) is 0 Å². The van der Waals surface area contributed by atoms with Crippen LogP contribution < -0.4 is 9.47 Å². The minimum absolute atomic E-state index is 0.283. The van der Waals surface area contributed by atoms with Crippen LogP contribution in [0.25, 0.3) is 0 Å². The Morgan fingerprint density at radius 2 is 1.50 bits per heavy atom. The minimum Gasteiger partial charge on any atom is -0.484 e. The number of halogens is 2. The van der Waals surface area contributed by atoms with Gasteiger partial charge in [0.2, 0.25) is 0 Å². The number of rotatable bonds is 5. The van der Waals surface area contributed by atoms with Gasteiger partial charge in [-0.3, -0.25) is 0 Å². The van der Waals surface area contributed by atoms with Crippen molar-refractivity contribution in [3.05, 3.63) is 70.4 Å². The van der Waals surface area contributed by atoms with Crippen molar-refractivity contribution in [3.8, 4) is 11.5 Å². The van der Waals surface area contributed by atoms with Crippen LogP contribution in [0.2, 0.25) is 10.0 Å². The average molecular weight is 309 g/mol. The third-order valence-corrected chi connectivity index (χ3v) is 3.23. The van der Waals surface area contributed by atoms with Gasteiger partial charge < -0.3 is 9.47 Å². The van der Waals surface area contributed by atoms with Crippen LogP contribution in [-0.4, -0.2) is 6.61 Å². The monoisotopic (exact) mass is 308 g/mol. The summed E-state index contributed by atoms with van der Waals surface area (Å²) in [7, 11) is 0. The Morgan fingerprint density at radius 3 is 2.05 bits per heavy atom. The molecule has 0 fully saturated rings. The summed E-state index contributed by atoms with van der Waals surface area (Å²) in [4.78, 5) is 0. The summed E-state index contributed by atoms with van der Waals surface area (Å²) in [6.45, 7) is 2.16. The first kappa shape index (κ1) is 14.8. The van der Waals surface area contributed by atoms with Gasteiger partial charge in [-0.2, -0.15) is 0 Å². The third kappa shape index (κ3) is 3.92. The highest BCUT2D eigenvalue weighted by Crippen LogP contribution is 2.26. The predicted octanol–water partition coefficient (Wildman–Crippen LogP) is 5.36. The molecule has 0 spiro atoms. The molecule has 0 saturated carbocycles. The SMILES string of the molecule is CC=C(COc1ccccc1Cl)Oc1ccccc1Cl. The Bertz CT molecular complexity index is 609. The van der Waals surface area contributed by atoms with Gasteiger partial charge in [0.1, 0.15) is 23.9 Å². The van der Waals surface area contributed by atoms with Gasteiger partial charge >= 0.3 is 0 Å². The van der Waals surface area contributed by atoms with Crippen molar-refractivity contribution in [2.24, 2.45) is 0 Å². The van der Waals surface area contributed by atoms with E-state index in [0.29, 0.717) is 27.3 Å². The van der Waals surface area contributed by atoms with Crippen molar-refractivity contribution in [2.75, 3.05) is 6.61 Å². The lowest BCUT2D eigenvalue weighted by molar-refractivity contribution is 0.280. The molecule has 0 saturated heterocycles. The molecule has 2 rings (SSSR count). The summed E-state index contributed by atoms with van der Waals surface area (Å²) in [6, 6.07) is 14.6. The molecule has 0 unspecified atom stereocenters. The Labute approximate surface area is 128 Å². The molecule has 2 aromatic carbocycles. The van der Waals surface area contributed by atoms with Crippen LogP contribution in [0.4, 0.5) is 0 Å². The van der Waals surface area contributed by atoms with E-state index < -0.39 is 0 Å². The van der Waals surface area contributed by atoms with Crippen molar-refractivity contribution in [1.29, 1.82) is 0 Å². The normalized spacial score (nSPS) is 11.2. The number of benzene rings is 2. The summed E-state index contributed by atoms with van der Waals surface area (Å²) in [5.74, 6) is 1.89.